The number of nitrogens with zero attached hydrogens (tertiary/aromatic N) is 3. The monoisotopic (exact) mass is 285 g/mol. The third kappa shape index (κ3) is 9.07. The Balaban J connectivity index is 0. The van der Waals surface area contributed by atoms with E-state index in [4.69, 9.17) is 0 Å². The number of aryl methyl sites for hydroxylation is 1. The average molecular weight is 285 g/mol. The fraction of sp³-hybridized carbons (Fsp3) is 0.727. The first kappa shape index (κ1) is 17.5. The maximum atomic E-state index is 3.96. The third-order valence-corrected chi connectivity index (χ3v) is 1.87. The molecular weight excluding hydrogens is 263 g/mol. The molecule has 0 unspecified atom stereocenters. The first-order chi connectivity index (χ1) is 6.83. The Hall–Kier alpha value is 0.114. The van der Waals surface area contributed by atoms with Crippen molar-refractivity contribution in [3.63, 3.8) is 0 Å². The number of aromatic nitrogens is 3. The Morgan fingerprint density at radius 1 is 1.27 bits per heavy atom. The first-order valence-corrected chi connectivity index (χ1v) is 5.55. The molecule has 1 heterocycles. The van der Waals surface area contributed by atoms with E-state index >= 15 is 0 Å². The fourth-order valence-electron chi connectivity index (χ4n) is 1.19. The zero-order valence-electron chi connectivity index (χ0n) is 10.2. The number of hydrogen-bond acceptors (Lipinski definition) is 2. The van der Waals surface area contributed by atoms with Crippen molar-refractivity contribution >= 4 is 0 Å². The molecule has 85 valence electrons. The van der Waals surface area contributed by atoms with E-state index in [1.54, 1.807) is 0 Å². The standard InChI is InChI=1S/C9H16N3.C2H6.Y/c1-3-4-5-6-7-9-8-12(2)11-10-9;1-2;/h8H,2-7H2,1H3;1-2H3;/q-1;;. The van der Waals surface area contributed by atoms with Crippen molar-refractivity contribution in [3.05, 3.63) is 18.9 Å². The quantitative estimate of drug-likeness (QED) is 0.615. The Bertz CT molecular complexity index is 223. The van der Waals surface area contributed by atoms with Crippen molar-refractivity contribution in [1.82, 2.24) is 15.0 Å². The van der Waals surface area contributed by atoms with Crippen LogP contribution < -0.4 is 0 Å². The van der Waals surface area contributed by atoms with E-state index in [1.165, 1.54) is 30.4 Å². The van der Waals surface area contributed by atoms with Gasteiger partial charge >= 0.3 is 0 Å². The van der Waals surface area contributed by atoms with Crippen LogP contribution in [0.25, 0.3) is 0 Å². The van der Waals surface area contributed by atoms with Gasteiger partial charge in [-0.2, -0.15) is 12.1 Å². The molecule has 0 aliphatic heterocycles. The summed E-state index contributed by atoms with van der Waals surface area (Å²) in [4.78, 5) is 0. The molecule has 0 atom stereocenters. The molecule has 0 aromatic carbocycles. The molecule has 0 amide bonds. The molecule has 1 aromatic rings. The van der Waals surface area contributed by atoms with E-state index in [1.807, 2.05) is 20.0 Å². The molecular formula is C11H22N3Y-. The van der Waals surface area contributed by atoms with E-state index in [0.717, 1.165) is 12.1 Å². The van der Waals surface area contributed by atoms with Crippen LogP contribution in [0.1, 0.15) is 52.1 Å². The zero-order chi connectivity index (χ0) is 10.8. The fourth-order valence-corrected chi connectivity index (χ4v) is 1.19. The Morgan fingerprint density at radius 2 is 1.93 bits per heavy atom. The van der Waals surface area contributed by atoms with Crippen LogP contribution in [0, 0.1) is 7.05 Å². The van der Waals surface area contributed by atoms with Crippen LogP contribution in [0.4, 0.5) is 0 Å². The minimum Gasteiger partial charge on any atom is -0.388 e. The number of rotatable bonds is 5. The first-order valence-electron chi connectivity index (χ1n) is 5.55. The van der Waals surface area contributed by atoms with Gasteiger partial charge in [0.05, 0.1) is 0 Å². The summed E-state index contributed by atoms with van der Waals surface area (Å²) in [5.41, 5.74) is 1.06. The van der Waals surface area contributed by atoms with E-state index in [0.29, 0.717) is 0 Å². The minimum absolute atomic E-state index is 0. The summed E-state index contributed by atoms with van der Waals surface area (Å²) in [6.07, 6.45) is 8.02. The molecule has 0 N–H and O–H groups in total. The van der Waals surface area contributed by atoms with Gasteiger partial charge in [-0.1, -0.05) is 46.2 Å². The summed E-state index contributed by atoms with van der Waals surface area (Å²) >= 11 is 0. The molecule has 15 heavy (non-hydrogen) atoms. The summed E-state index contributed by atoms with van der Waals surface area (Å²) in [5, 5.41) is 7.73. The maximum Gasteiger partial charge on any atom is 0.00196 e. The van der Waals surface area contributed by atoms with Crippen LogP contribution in [-0.2, 0) is 39.1 Å². The van der Waals surface area contributed by atoms with Crippen molar-refractivity contribution < 1.29 is 32.7 Å². The largest absolute Gasteiger partial charge is 0.388 e. The molecule has 0 bridgehead atoms. The topological polar surface area (TPSA) is 30.7 Å². The minimum atomic E-state index is 0. The average Bonchev–Trinajstić information content (AvgIpc) is 2.62. The Kier molecular flexibility index (Phi) is 14.2. The SMILES string of the molecule is CC.[CH2-]n1cc(CCCCCC)nn1.[Y]. The van der Waals surface area contributed by atoms with Crippen LogP contribution in [0.15, 0.2) is 6.20 Å². The summed E-state index contributed by atoms with van der Waals surface area (Å²) in [6, 6.07) is 0. The number of hydrogen-bond donors (Lipinski definition) is 0. The van der Waals surface area contributed by atoms with Crippen LogP contribution in [-0.4, -0.2) is 15.0 Å². The predicted molar refractivity (Wildman–Crippen MR) is 60.0 cm³/mol. The van der Waals surface area contributed by atoms with Crippen molar-refractivity contribution in [1.29, 1.82) is 0 Å². The summed E-state index contributed by atoms with van der Waals surface area (Å²) in [7, 11) is 3.63. The van der Waals surface area contributed by atoms with Gasteiger partial charge in [-0.3, -0.25) is 0 Å². The summed E-state index contributed by atoms with van der Waals surface area (Å²) < 4.78 is 1.51. The van der Waals surface area contributed by atoms with E-state index < -0.39 is 0 Å². The smallest absolute Gasteiger partial charge is 0.00196 e. The van der Waals surface area contributed by atoms with Gasteiger partial charge in [-0.25, -0.2) is 0 Å². The van der Waals surface area contributed by atoms with Crippen molar-refractivity contribution in [2.45, 2.75) is 52.9 Å². The molecule has 0 saturated carbocycles. The molecule has 3 nitrogen and oxygen atoms in total. The molecule has 1 rings (SSSR count). The molecule has 0 aliphatic rings. The molecule has 0 aliphatic carbocycles. The van der Waals surface area contributed by atoms with Gasteiger partial charge in [0.1, 0.15) is 0 Å². The van der Waals surface area contributed by atoms with E-state index in [-0.39, 0.29) is 32.7 Å². The van der Waals surface area contributed by atoms with Crippen LogP contribution in [0.2, 0.25) is 0 Å². The van der Waals surface area contributed by atoms with Crippen LogP contribution in [0.3, 0.4) is 0 Å². The van der Waals surface area contributed by atoms with Gasteiger partial charge in [0.15, 0.2) is 0 Å². The van der Waals surface area contributed by atoms with Crippen LogP contribution >= 0.6 is 0 Å². The van der Waals surface area contributed by atoms with Crippen molar-refractivity contribution in [2.24, 2.45) is 0 Å². The second-order valence-electron chi connectivity index (χ2n) is 3.06. The van der Waals surface area contributed by atoms with Gasteiger partial charge < -0.3 is 4.68 Å². The normalized spacial score (nSPS) is 8.73. The van der Waals surface area contributed by atoms with E-state index in [9.17, 15) is 0 Å². The maximum absolute atomic E-state index is 3.96. The predicted octanol–water partition coefficient (Wildman–Crippen LogP) is 3.06. The van der Waals surface area contributed by atoms with Gasteiger partial charge in [0.2, 0.25) is 0 Å². The van der Waals surface area contributed by atoms with Crippen LogP contribution in [0.5, 0.6) is 0 Å². The van der Waals surface area contributed by atoms with Gasteiger partial charge in [-0.15, -0.1) is 5.21 Å². The van der Waals surface area contributed by atoms with Gasteiger partial charge in [0.25, 0.3) is 0 Å². The van der Waals surface area contributed by atoms with Gasteiger partial charge in [-0.05, 0) is 12.8 Å². The van der Waals surface area contributed by atoms with Gasteiger partial charge in [0, 0.05) is 38.4 Å². The second kappa shape index (κ2) is 12.2. The second-order valence-corrected chi connectivity index (χ2v) is 3.06. The Morgan fingerprint density at radius 3 is 2.40 bits per heavy atom. The molecule has 0 saturated heterocycles. The molecule has 1 radical (unpaired) electrons. The third-order valence-electron chi connectivity index (χ3n) is 1.87. The van der Waals surface area contributed by atoms with E-state index in [2.05, 4.69) is 24.3 Å². The van der Waals surface area contributed by atoms with Crippen molar-refractivity contribution in [3.8, 4) is 0 Å². The summed E-state index contributed by atoms with van der Waals surface area (Å²) in [5.74, 6) is 0. The Labute approximate surface area is 119 Å². The molecule has 0 spiro atoms. The number of unbranched alkanes of at least 4 members (excludes halogenated alkanes) is 3. The molecule has 0 fully saturated rings. The zero-order valence-corrected chi connectivity index (χ0v) is 13.1. The summed E-state index contributed by atoms with van der Waals surface area (Å²) in [6.45, 7) is 6.21. The molecule has 1 aromatic heterocycles. The molecule has 4 heteroatoms. The van der Waals surface area contributed by atoms with Crippen molar-refractivity contribution in [2.75, 3.05) is 0 Å².